The fraction of sp³-hybridized carbons (Fsp3) is 0.206. The van der Waals surface area contributed by atoms with Crippen LogP contribution in [0.2, 0.25) is 0 Å². The van der Waals surface area contributed by atoms with Crippen LogP contribution in [0.25, 0.3) is 6.08 Å². The van der Waals surface area contributed by atoms with Crippen LogP contribution in [0.4, 0.5) is 5.69 Å². The van der Waals surface area contributed by atoms with Gasteiger partial charge < -0.3 is 15.8 Å². The van der Waals surface area contributed by atoms with Crippen molar-refractivity contribution >= 4 is 23.5 Å². The third-order valence-corrected chi connectivity index (χ3v) is 7.27. The largest absolute Gasteiger partial charge is 0.489 e. The Labute approximate surface area is 240 Å². The molecule has 1 aliphatic rings. The van der Waals surface area contributed by atoms with Gasteiger partial charge in [-0.3, -0.25) is 14.7 Å². The standard InChI is InChI=1S/C34H36N5O2/c1-39(2,3)29-14-12-24(13-15-29)21-37-34(40)32-20-28-19-30(41-23-25-8-5-4-6-9-25)16-17-31(28)38(32)22-26-10-7-11-27(18-26)33(35)36/h4-20,32H,21-23H2,1-3H3,(H3-,35,36,37,40)/q+1/p+1. The van der Waals surface area contributed by atoms with Gasteiger partial charge >= 0.3 is 0 Å². The second-order valence-corrected chi connectivity index (χ2v) is 11.2. The number of quaternary nitrogens is 1. The molecule has 0 bridgehead atoms. The van der Waals surface area contributed by atoms with Crippen LogP contribution in [0.3, 0.4) is 0 Å². The molecule has 7 nitrogen and oxygen atoms in total. The first-order valence-electron chi connectivity index (χ1n) is 13.7. The molecule has 1 heterocycles. The second kappa shape index (κ2) is 11.8. The van der Waals surface area contributed by atoms with Crippen molar-refractivity contribution in [1.29, 1.82) is 5.41 Å². The van der Waals surface area contributed by atoms with Gasteiger partial charge in [0.05, 0.1) is 26.4 Å². The molecular formula is C34H37N5O2+2. The Kier molecular flexibility index (Phi) is 7.99. The first kappa shape index (κ1) is 27.8. The molecule has 0 radical (unpaired) electrons. The molecule has 1 atom stereocenters. The number of nitrogens with two attached hydrogens (primary N) is 1. The van der Waals surface area contributed by atoms with Crippen molar-refractivity contribution in [1.82, 2.24) is 14.4 Å². The molecular weight excluding hydrogens is 510 g/mol. The van der Waals surface area contributed by atoms with E-state index in [1.165, 1.54) is 5.69 Å². The molecule has 1 aliphatic heterocycles. The minimum absolute atomic E-state index is 0.0195. The number of amidine groups is 1. The average molecular weight is 548 g/mol. The lowest BCUT2D eigenvalue weighted by Crippen LogP contribution is -2.45. The van der Waals surface area contributed by atoms with Crippen molar-refractivity contribution in [2.24, 2.45) is 5.73 Å². The van der Waals surface area contributed by atoms with E-state index in [0.717, 1.165) is 37.5 Å². The maximum Gasteiger partial charge on any atom is 0.293 e. The predicted molar refractivity (Wildman–Crippen MR) is 165 cm³/mol. The number of carbonyl (C=O) groups is 1. The maximum absolute atomic E-state index is 13.6. The van der Waals surface area contributed by atoms with Crippen LogP contribution in [0.1, 0.15) is 22.3 Å². The first-order valence-corrected chi connectivity index (χ1v) is 13.7. The molecule has 41 heavy (non-hydrogen) atoms. The van der Waals surface area contributed by atoms with Gasteiger partial charge in [-0.25, -0.2) is 4.58 Å². The van der Waals surface area contributed by atoms with Crippen LogP contribution in [-0.4, -0.2) is 38.9 Å². The maximum atomic E-state index is 13.6. The molecule has 5 rings (SSSR count). The molecule has 0 aromatic heterocycles. The minimum Gasteiger partial charge on any atom is -0.489 e. The number of hydrogen-bond acceptors (Lipinski definition) is 3. The quantitative estimate of drug-likeness (QED) is 0.123. The smallest absolute Gasteiger partial charge is 0.293 e. The monoisotopic (exact) mass is 547 g/mol. The molecule has 7 heteroatoms. The van der Waals surface area contributed by atoms with E-state index in [9.17, 15) is 4.79 Å². The SMILES string of the molecule is C[N+](C)(C)c1ccc(CNC(=O)C2C=c3cc(OCc4ccccc4)ccc3=[N+]2Cc2cccc(C(=N)N)c2)cc1. The van der Waals surface area contributed by atoms with Gasteiger partial charge in [-0.1, -0.05) is 60.7 Å². The third kappa shape index (κ3) is 6.70. The van der Waals surface area contributed by atoms with Crippen molar-refractivity contribution in [2.75, 3.05) is 21.1 Å². The zero-order valence-corrected chi connectivity index (χ0v) is 23.8. The lowest BCUT2D eigenvalue weighted by molar-refractivity contribution is -0.122. The van der Waals surface area contributed by atoms with Crippen LogP contribution in [-0.2, 0) is 24.5 Å². The highest BCUT2D eigenvalue weighted by molar-refractivity contribution is 5.95. The highest BCUT2D eigenvalue weighted by Gasteiger charge is 2.32. The van der Waals surface area contributed by atoms with Crippen LogP contribution in [0.15, 0.2) is 97.1 Å². The summed E-state index contributed by atoms with van der Waals surface area (Å²) in [6.45, 7) is 1.40. The number of nitrogen functional groups attached to an aromatic ring is 1. The molecule has 208 valence electrons. The van der Waals surface area contributed by atoms with Crippen molar-refractivity contribution in [3.63, 3.8) is 0 Å². The summed E-state index contributed by atoms with van der Waals surface area (Å²) in [7, 11) is 6.38. The lowest BCUT2D eigenvalue weighted by atomic mass is 10.1. The summed E-state index contributed by atoms with van der Waals surface area (Å²) in [4.78, 5) is 13.6. The van der Waals surface area contributed by atoms with E-state index in [2.05, 4.69) is 55.3 Å². The van der Waals surface area contributed by atoms with E-state index in [4.69, 9.17) is 15.9 Å². The summed E-state index contributed by atoms with van der Waals surface area (Å²) in [6, 6.07) is 31.4. The number of carbonyl (C=O) groups excluding carboxylic acids is 1. The van der Waals surface area contributed by atoms with E-state index in [1.54, 1.807) is 0 Å². The van der Waals surface area contributed by atoms with Crippen LogP contribution in [0, 0.1) is 5.41 Å². The molecule has 4 aromatic carbocycles. The van der Waals surface area contributed by atoms with Crippen molar-refractivity contribution in [3.8, 4) is 5.75 Å². The molecule has 0 saturated heterocycles. The Morgan fingerprint density at radius 3 is 2.34 bits per heavy atom. The van der Waals surface area contributed by atoms with Gasteiger partial charge in [0.1, 0.15) is 23.9 Å². The molecule has 1 amide bonds. The highest BCUT2D eigenvalue weighted by Crippen LogP contribution is 2.17. The Balaban J connectivity index is 1.40. The van der Waals surface area contributed by atoms with Gasteiger partial charge in [0.25, 0.3) is 11.9 Å². The summed E-state index contributed by atoms with van der Waals surface area (Å²) >= 11 is 0. The van der Waals surface area contributed by atoms with Crippen molar-refractivity contribution < 1.29 is 9.53 Å². The lowest BCUT2D eigenvalue weighted by Gasteiger charge is -2.23. The first-order chi connectivity index (χ1) is 19.7. The Bertz CT molecular complexity index is 1690. The summed E-state index contributed by atoms with van der Waals surface area (Å²) in [6.07, 6.45) is 2.00. The summed E-state index contributed by atoms with van der Waals surface area (Å²) < 4.78 is 8.89. The predicted octanol–water partition coefficient (Wildman–Crippen LogP) is 2.92. The molecule has 0 aliphatic carbocycles. The van der Waals surface area contributed by atoms with Crippen LogP contribution >= 0.6 is 0 Å². The Hall–Kier alpha value is -4.75. The number of ether oxygens (including phenoxy) is 1. The highest BCUT2D eigenvalue weighted by atomic mass is 16.5. The van der Waals surface area contributed by atoms with Crippen molar-refractivity contribution in [2.45, 2.75) is 25.7 Å². The van der Waals surface area contributed by atoms with Gasteiger partial charge in [0, 0.05) is 29.8 Å². The normalized spacial score (nSPS) is 14.2. The number of benzene rings is 4. The molecule has 4 N–H and O–H groups in total. The van der Waals surface area contributed by atoms with Gasteiger partial charge in [-0.15, -0.1) is 0 Å². The van der Waals surface area contributed by atoms with E-state index >= 15 is 0 Å². The van der Waals surface area contributed by atoms with E-state index < -0.39 is 6.04 Å². The zero-order valence-electron chi connectivity index (χ0n) is 23.8. The third-order valence-electron chi connectivity index (χ3n) is 7.27. The second-order valence-electron chi connectivity index (χ2n) is 11.2. The summed E-state index contributed by atoms with van der Waals surface area (Å²) in [5, 5.41) is 12.9. The molecule has 0 saturated carbocycles. The van der Waals surface area contributed by atoms with Gasteiger partial charge in [0.2, 0.25) is 5.36 Å². The number of nitrogens with one attached hydrogen (secondary N) is 2. The zero-order chi connectivity index (χ0) is 29.0. The Morgan fingerprint density at radius 1 is 0.902 bits per heavy atom. The molecule has 1 unspecified atom stereocenters. The molecule has 0 spiro atoms. The minimum atomic E-state index is -0.499. The van der Waals surface area contributed by atoms with Gasteiger partial charge in [-0.2, -0.15) is 0 Å². The Morgan fingerprint density at radius 2 is 1.63 bits per heavy atom. The number of fused-ring (bicyclic) bond motifs is 1. The summed E-state index contributed by atoms with van der Waals surface area (Å²) in [5.41, 5.74) is 10.7. The van der Waals surface area contributed by atoms with Crippen LogP contribution < -0.4 is 35.4 Å². The van der Waals surface area contributed by atoms with Gasteiger partial charge in [0.15, 0.2) is 6.54 Å². The fourth-order valence-electron chi connectivity index (χ4n) is 4.96. The number of nitrogens with zero attached hydrogens (tertiary/aromatic N) is 2. The van der Waals surface area contributed by atoms with Crippen LogP contribution in [0.5, 0.6) is 5.75 Å². The van der Waals surface area contributed by atoms with Crippen molar-refractivity contribution in [3.05, 3.63) is 130 Å². The van der Waals surface area contributed by atoms with Gasteiger partial charge in [-0.05, 0) is 41.5 Å². The molecule has 4 aromatic rings. The van der Waals surface area contributed by atoms with E-state index in [-0.39, 0.29) is 11.7 Å². The molecule has 0 fully saturated rings. The average Bonchev–Trinajstić information content (AvgIpc) is 3.32. The number of amides is 1. The number of hydrogen-bond donors (Lipinski definition) is 3. The fourth-order valence-corrected chi connectivity index (χ4v) is 4.96. The number of rotatable bonds is 10. The van der Waals surface area contributed by atoms with E-state index in [1.807, 2.05) is 78.9 Å². The van der Waals surface area contributed by atoms with E-state index in [0.29, 0.717) is 25.3 Å². The summed E-state index contributed by atoms with van der Waals surface area (Å²) in [5.74, 6) is 0.693. The topological polar surface area (TPSA) is 91.2 Å².